The Hall–Kier alpha value is -2.77. The lowest BCUT2D eigenvalue weighted by molar-refractivity contribution is -0.121. The van der Waals surface area contributed by atoms with Crippen LogP contribution >= 0.6 is 0 Å². The zero-order chi connectivity index (χ0) is 18.8. The second-order valence-corrected chi connectivity index (χ2v) is 7.20. The molecule has 0 aromatic carbocycles. The summed E-state index contributed by atoms with van der Waals surface area (Å²) in [7, 11) is 0. The number of H-pyrrole nitrogens is 1. The Bertz CT molecular complexity index is 972. The van der Waals surface area contributed by atoms with Crippen molar-refractivity contribution in [2.45, 2.75) is 65.3 Å². The molecule has 8 nitrogen and oxygen atoms in total. The Balaban J connectivity index is 1.37. The van der Waals surface area contributed by atoms with Crippen molar-refractivity contribution >= 4 is 11.7 Å². The fraction of sp³-hybridized carbons (Fsp3) is 0.526. The highest BCUT2D eigenvalue weighted by Gasteiger charge is 2.17. The summed E-state index contributed by atoms with van der Waals surface area (Å²) in [6.07, 6.45) is 8.33. The smallest absolute Gasteiger partial charge is 0.252 e. The number of nitrogens with one attached hydrogen (secondary N) is 2. The molecule has 142 valence electrons. The van der Waals surface area contributed by atoms with Gasteiger partial charge in [-0.1, -0.05) is 6.42 Å². The summed E-state index contributed by atoms with van der Waals surface area (Å²) in [6, 6.07) is 0. The summed E-state index contributed by atoms with van der Waals surface area (Å²) in [5.41, 5.74) is 6.48. The summed E-state index contributed by atoms with van der Waals surface area (Å²) < 4.78 is 1.72. The van der Waals surface area contributed by atoms with Crippen LogP contribution in [0.1, 0.15) is 59.6 Å². The number of rotatable bonds is 5. The van der Waals surface area contributed by atoms with Gasteiger partial charge >= 0.3 is 0 Å². The number of carbonyl (C=O) groups is 1. The van der Waals surface area contributed by atoms with Crippen molar-refractivity contribution < 1.29 is 4.79 Å². The van der Waals surface area contributed by atoms with Gasteiger partial charge in [0.15, 0.2) is 0 Å². The van der Waals surface area contributed by atoms with Crippen LogP contribution in [0.2, 0.25) is 0 Å². The van der Waals surface area contributed by atoms with E-state index in [2.05, 4.69) is 30.6 Å². The lowest BCUT2D eigenvalue weighted by Gasteiger charge is -2.10. The van der Waals surface area contributed by atoms with Crippen LogP contribution in [0.25, 0.3) is 5.78 Å². The molecule has 8 heteroatoms. The molecule has 0 bridgehead atoms. The molecule has 0 saturated heterocycles. The van der Waals surface area contributed by atoms with Crippen LogP contribution in [-0.4, -0.2) is 35.7 Å². The molecule has 1 aliphatic carbocycles. The van der Waals surface area contributed by atoms with E-state index in [4.69, 9.17) is 0 Å². The van der Waals surface area contributed by atoms with Crippen molar-refractivity contribution in [3.63, 3.8) is 0 Å². The number of amides is 1. The van der Waals surface area contributed by atoms with Gasteiger partial charge in [-0.2, -0.15) is 15.2 Å². The second kappa shape index (κ2) is 7.46. The summed E-state index contributed by atoms with van der Waals surface area (Å²) in [4.78, 5) is 21.0. The van der Waals surface area contributed by atoms with Gasteiger partial charge in [-0.25, -0.2) is 9.50 Å². The van der Waals surface area contributed by atoms with Gasteiger partial charge in [-0.3, -0.25) is 9.89 Å². The van der Waals surface area contributed by atoms with Gasteiger partial charge in [0.25, 0.3) is 5.78 Å². The van der Waals surface area contributed by atoms with E-state index in [1.165, 1.54) is 36.8 Å². The Labute approximate surface area is 157 Å². The SMILES string of the molecule is Cc1nc2ncnn2c(C)c1CCC(=O)NCc1n[nH]c2c1CCCCC2. The highest BCUT2D eigenvalue weighted by Crippen LogP contribution is 2.21. The van der Waals surface area contributed by atoms with Crippen LogP contribution in [-0.2, 0) is 30.6 Å². The Kier molecular flexibility index (Phi) is 4.87. The van der Waals surface area contributed by atoms with Gasteiger partial charge in [-0.05, 0) is 57.1 Å². The van der Waals surface area contributed by atoms with Crippen molar-refractivity contribution in [2.75, 3.05) is 0 Å². The fourth-order valence-corrected chi connectivity index (χ4v) is 3.90. The fourth-order valence-electron chi connectivity index (χ4n) is 3.90. The van der Waals surface area contributed by atoms with E-state index >= 15 is 0 Å². The zero-order valence-electron chi connectivity index (χ0n) is 15.9. The average molecular weight is 367 g/mol. The van der Waals surface area contributed by atoms with E-state index < -0.39 is 0 Å². The number of aromatic amines is 1. The van der Waals surface area contributed by atoms with Gasteiger partial charge < -0.3 is 5.32 Å². The third-order valence-corrected chi connectivity index (χ3v) is 5.44. The summed E-state index contributed by atoms with van der Waals surface area (Å²) in [6.45, 7) is 4.43. The van der Waals surface area contributed by atoms with E-state index in [9.17, 15) is 4.79 Å². The highest BCUT2D eigenvalue weighted by molar-refractivity contribution is 5.76. The molecule has 0 radical (unpaired) electrons. The lowest BCUT2D eigenvalue weighted by Crippen LogP contribution is -2.24. The summed E-state index contributed by atoms with van der Waals surface area (Å²) in [5, 5.41) is 14.8. The average Bonchev–Trinajstić information content (AvgIpc) is 3.20. The second-order valence-electron chi connectivity index (χ2n) is 7.20. The number of carbonyl (C=O) groups excluding carboxylic acids is 1. The van der Waals surface area contributed by atoms with Gasteiger partial charge in [0.05, 0.1) is 12.2 Å². The minimum absolute atomic E-state index is 0.0258. The van der Waals surface area contributed by atoms with E-state index in [0.29, 0.717) is 25.2 Å². The number of hydrogen-bond donors (Lipinski definition) is 2. The maximum absolute atomic E-state index is 12.4. The third-order valence-electron chi connectivity index (χ3n) is 5.44. The maximum atomic E-state index is 12.4. The van der Waals surface area contributed by atoms with Crippen LogP contribution in [0.3, 0.4) is 0 Å². The van der Waals surface area contributed by atoms with Crippen LogP contribution in [0, 0.1) is 13.8 Å². The first kappa shape index (κ1) is 17.6. The molecule has 3 aromatic heterocycles. The first-order valence-corrected chi connectivity index (χ1v) is 9.61. The van der Waals surface area contributed by atoms with Crippen molar-refractivity contribution in [3.8, 4) is 0 Å². The Morgan fingerprint density at radius 1 is 1.26 bits per heavy atom. The molecule has 0 atom stereocenters. The first-order valence-electron chi connectivity index (χ1n) is 9.61. The van der Waals surface area contributed by atoms with Gasteiger partial charge in [0.2, 0.25) is 5.91 Å². The van der Waals surface area contributed by atoms with Crippen molar-refractivity contribution in [3.05, 3.63) is 40.2 Å². The molecular formula is C19H25N7O. The third kappa shape index (κ3) is 3.56. The molecule has 27 heavy (non-hydrogen) atoms. The molecule has 0 aliphatic heterocycles. The highest BCUT2D eigenvalue weighted by atomic mass is 16.1. The van der Waals surface area contributed by atoms with Gasteiger partial charge in [-0.15, -0.1) is 0 Å². The topological polar surface area (TPSA) is 101 Å². The van der Waals surface area contributed by atoms with Crippen molar-refractivity contribution in [1.29, 1.82) is 0 Å². The van der Waals surface area contributed by atoms with Crippen LogP contribution in [0.15, 0.2) is 6.33 Å². The molecule has 1 aliphatic rings. The largest absolute Gasteiger partial charge is 0.350 e. The zero-order valence-corrected chi connectivity index (χ0v) is 15.9. The molecule has 1 amide bonds. The summed E-state index contributed by atoms with van der Waals surface area (Å²) in [5.74, 6) is 0.621. The predicted molar refractivity (Wildman–Crippen MR) is 100 cm³/mol. The van der Waals surface area contributed by atoms with Gasteiger partial charge in [0, 0.05) is 23.5 Å². The molecule has 0 unspecified atom stereocenters. The number of hydrogen-bond acceptors (Lipinski definition) is 5. The Morgan fingerprint density at radius 3 is 3.00 bits per heavy atom. The molecule has 0 spiro atoms. The monoisotopic (exact) mass is 367 g/mol. The lowest BCUT2D eigenvalue weighted by atomic mass is 10.1. The van der Waals surface area contributed by atoms with Gasteiger partial charge in [0.1, 0.15) is 6.33 Å². The normalized spacial score (nSPS) is 14.1. The maximum Gasteiger partial charge on any atom is 0.252 e. The molecular weight excluding hydrogens is 342 g/mol. The molecule has 2 N–H and O–H groups in total. The number of fused-ring (bicyclic) bond motifs is 2. The minimum atomic E-state index is 0.0258. The molecule has 3 heterocycles. The Morgan fingerprint density at radius 2 is 2.11 bits per heavy atom. The van der Waals surface area contributed by atoms with Crippen LogP contribution < -0.4 is 5.32 Å². The predicted octanol–water partition coefficient (Wildman–Crippen LogP) is 1.98. The van der Waals surface area contributed by atoms with E-state index in [-0.39, 0.29) is 5.91 Å². The summed E-state index contributed by atoms with van der Waals surface area (Å²) >= 11 is 0. The van der Waals surface area contributed by atoms with E-state index in [1.807, 2.05) is 13.8 Å². The van der Waals surface area contributed by atoms with Crippen LogP contribution in [0.4, 0.5) is 0 Å². The number of nitrogens with zero attached hydrogens (tertiary/aromatic N) is 5. The van der Waals surface area contributed by atoms with Crippen molar-refractivity contribution in [2.24, 2.45) is 0 Å². The van der Waals surface area contributed by atoms with E-state index in [0.717, 1.165) is 35.5 Å². The quantitative estimate of drug-likeness (QED) is 0.672. The number of aromatic nitrogens is 6. The standard InChI is InChI=1S/C19H25N7O/c1-12-14(13(2)26-19(23-12)21-11-22-26)8-9-18(27)20-10-17-15-6-4-3-5-7-16(15)24-25-17/h11H,3-10H2,1-2H3,(H,20,27)(H,24,25). The van der Waals surface area contributed by atoms with E-state index in [1.54, 1.807) is 4.52 Å². The number of aryl methyl sites for hydroxylation is 3. The van der Waals surface area contributed by atoms with Crippen LogP contribution in [0.5, 0.6) is 0 Å². The molecule has 0 saturated carbocycles. The molecule has 4 rings (SSSR count). The molecule has 3 aromatic rings. The minimum Gasteiger partial charge on any atom is -0.350 e. The molecule has 0 fully saturated rings. The first-order chi connectivity index (χ1) is 13.1. The van der Waals surface area contributed by atoms with Crippen molar-refractivity contribution in [1.82, 2.24) is 35.1 Å².